The van der Waals surface area contributed by atoms with Gasteiger partial charge in [0.2, 0.25) is 0 Å². The van der Waals surface area contributed by atoms with Crippen molar-refractivity contribution in [3.63, 3.8) is 0 Å². The third-order valence-corrected chi connectivity index (χ3v) is 2.25. The summed E-state index contributed by atoms with van der Waals surface area (Å²) in [5.41, 5.74) is -0.432. The van der Waals surface area contributed by atoms with Gasteiger partial charge in [0.25, 0.3) is 0 Å². The Bertz CT molecular complexity index is 217. The molecule has 1 heterocycles. The third-order valence-electron chi connectivity index (χ3n) is 2.25. The number of rotatable bonds is 1. The maximum absolute atomic E-state index is 11.4. The molecule has 15 heavy (non-hydrogen) atoms. The van der Waals surface area contributed by atoms with Gasteiger partial charge in [-0.25, -0.2) is 9.80 Å². The van der Waals surface area contributed by atoms with Gasteiger partial charge in [0.05, 0.1) is 0 Å². The molecule has 0 bridgehead atoms. The van der Waals surface area contributed by atoms with Crippen LogP contribution in [0.4, 0.5) is 4.79 Å². The van der Waals surface area contributed by atoms with Gasteiger partial charge in [0.15, 0.2) is 0 Å². The van der Waals surface area contributed by atoms with Crippen LogP contribution in [-0.2, 0) is 4.74 Å². The molecule has 0 aromatic carbocycles. The van der Waals surface area contributed by atoms with Crippen molar-refractivity contribution in [2.24, 2.45) is 5.84 Å². The molecule has 1 amide bonds. The van der Waals surface area contributed by atoms with E-state index in [0.29, 0.717) is 0 Å². The van der Waals surface area contributed by atoms with E-state index in [0.717, 1.165) is 25.9 Å². The number of alkyl carbamates (subject to hydrolysis) is 1. The predicted octanol–water partition coefficient (Wildman–Crippen LogP) is 0.849. The van der Waals surface area contributed by atoms with Gasteiger partial charge in [-0.1, -0.05) is 0 Å². The molecule has 0 aliphatic carbocycles. The molecule has 1 aliphatic heterocycles. The number of ether oxygens (including phenoxy) is 1. The zero-order valence-electron chi connectivity index (χ0n) is 9.75. The minimum Gasteiger partial charge on any atom is -0.444 e. The van der Waals surface area contributed by atoms with Crippen molar-refractivity contribution in [3.8, 4) is 0 Å². The summed E-state index contributed by atoms with van der Waals surface area (Å²) in [6, 6.07) is 0.194. The first-order valence-electron chi connectivity index (χ1n) is 5.36. The van der Waals surface area contributed by atoms with Crippen molar-refractivity contribution < 1.29 is 9.53 Å². The highest BCUT2D eigenvalue weighted by Crippen LogP contribution is 2.10. The summed E-state index contributed by atoms with van der Waals surface area (Å²) < 4.78 is 5.17. The first-order chi connectivity index (χ1) is 6.87. The van der Waals surface area contributed by atoms with Crippen molar-refractivity contribution >= 4 is 6.09 Å². The molecule has 5 nitrogen and oxygen atoms in total. The van der Waals surface area contributed by atoms with Gasteiger partial charge in [-0.2, -0.15) is 0 Å². The fourth-order valence-corrected chi connectivity index (χ4v) is 1.52. The number of carbonyl (C=O) groups excluding carboxylic acids is 1. The first-order valence-corrected chi connectivity index (χ1v) is 5.36. The Kier molecular flexibility index (Phi) is 3.93. The lowest BCUT2D eigenvalue weighted by Crippen LogP contribution is -2.48. The Morgan fingerprint density at radius 2 is 1.93 bits per heavy atom. The van der Waals surface area contributed by atoms with Crippen LogP contribution in [0.15, 0.2) is 0 Å². The zero-order chi connectivity index (χ0) is 11.5. The van der Waals surface area contributed by atoms with Crippen molar-refractivity contribution in [3.05, 3.63) is 0 Å². The largest absolute Gasteiger partial charge is 0.444 e. The number of hydrazine groups is 1. The molecule has 5 heteroatoms. The predicted molar refractivity (Wildman–Crippen MR) is 58.2 cm³/mol. The summed E-state index contributed by atoms with van der Waals surface area (Å²) in [5, 5.41) is 4.62. The second-order valence-corrected chi connectivity index (χ2v) is 4.96. The van der Waals surface area contributed by atoms with Crippen LogP contribution in [0.5, 0.6) is 0 Å². The van der Waals surface area contributed by atoms with Gasteiger partial charge >= 0.3 is 6.09 Å². The van der Waals surface area contributed by atoms with Crippen LogP contribution in [0, 0.1) is 0 Å². The van der Waals surface area contributed by atoms with E-state index in [4.69, 9.17) is 10.6 Å². The van der Waals surface area contributed by atoms with Crippen LogP contribution in [0.3, 0.4) is 0 Å². The molecule has 0 spiro atoms. The standard InChI is InChI=1S/C10H21N3O2/c1-10(2,3)15-9(14)12-8-4-6-13(11)7-5-8/h8H,4-7,11H2,1-3H3,(H,12,14). The number of piperidine rings is 1. The summed E-state index contributed by atoms with van der Waals surface area (Å²) in [4.78, 5) is 11.4. The lowest BCUT2D eigenvalue weighted by atomic mass is 10.1. The highest BCUT2D eigenvalue weighted by Gasteiger charge is 2.22. The van der Waals surface area contributed by atoms with E-state index < -0.39 is 5.60 Å². The Balaban J connectivity index is 2.27. The zero-order valence-corrected chi connectivity index (χ0v) is 9.75. The molecular formula is C10H21N3O2. The van der Waals surface area contributed by atoms with E-state index in [1.165, 1.54) is 0 Å². The van der Waals surface area contributed by atoms with E-state index in [1.807, 2.05) is 20.8 Å². The molecule has 0 radical (unpaired) electrons. The normalized spacial score (nSPS) is 20.0. The minimum atomic E-state index is -0.432. The Labute approximate surface area is 90.9 Å². The molecule has 3 N–H and O–H groups in total. The van der Waals surface area contributed by atoms with E-state index in [-0.39, 0.29) is 12.1 Å². The van der Waals surface area contributed by atoms with Crippen molar-refractivity contribution in [2.45, 2.75) is 45.3 Å². The van der Waals surface area contributed by atoms with Gasteiger partial charge in [0, 0.05) is 19.1 Å². The highest BCUT2D eigenvalue weighted by atomic mass is 16.6. The average molecular weight is 215 g/mol. The highest BCUT2D eigenvalue weighted by molar-refractivity contribution is 5.68. The lowest BCUT2D eigenvalue weighted by Gasteiger charge is -2.30. The summed E-state index contributed by atoms with van der Waals surface area (Å²) in [6.45, 7) is 7.21. The van der Waals surface area contributed by atoms with E-state index in [2.05, 4.69) is 5.32 Å². The van der Waals surface area contributed by atoms with Crippen molar-refractivity contribution in [2.75, 3.05) is 13.1 Å². The van der Waals surface area contributed by atoms with Gasteiger partial charge in [-0.15, -0.1) is 0 Å². The number of hydrogen-bond donors (Lipinski definition) is 2. The average Bonchev–Trinajstić information content (AvgIpc) is 2.05. The van der Waals surface area contributed by atoms with E-state index >= 15 is 0 Å². The van der Waals surface area contributed by atoms with Gasteiger partial charge in [-0.3, -0.25) is 5.84 Å². The number of carbonyl (C=O) groups is 1. The fraction of sp³-hybridized carbons (Fsp3) is 0.900. The third kappa shape index (κ3) is 4.99. The Morgan fingerprint density at radius 1 is 1.40 bits per heavy atom. The second-order valence-electron chi connectivity index (χ2n) is 4.96. The molecule has 0 unspecified atom stereocenters. The van der Waals surface area contributed by atoms with Gasteiger partial charge in [-0.05, 0) is 33.6 Å². The summed E-state index contributed by atoms with van der Waals surface area (Å²) in [7, 11) is 0. The van der Waals surface area contributed by atoms with Crippen molar-refractivity contribution in [1.29, 1.82) is 0 Å². The van der Waals surface area contributed by atoms with Crippen LogP contribution in [0.25, 0.3) is 0 Å². The van der Waals surface area contributed by atoms with E-state index in [9.17, 15) is 4.79 Å². The van der Waals surface area contributed by atoms with Crippen molar-refractivity contribution in [1.82, 2.24) is 10.3 Å². The molecule has 88 valence electrons. The minimum absolute atomic E-state index is 0.194. The SMILES string of the molecule is CC(C)(C)OC(=O)NC1CCN(N)CC1. The lowest BCUT2D eigenvalue weighted by molar-refractivity contribution is 0.0479. The molecule has 0 atom stereocenters. The quantitative estimate of drug-likeness (QED) is 0.636. The first kappa shape index (κ1) is 12.3. The van der Waals surface area contributed by atoms with Gasteiger partial charge < -0.3 is 10.1 Å². The van der Waals surface area contributed by atoms with Crippen LogP contribution in [0.1, 0.15) is 33.6 Å². The summed E-state index contributed by atoms with van der Waals surface area (Å²) in [5.74, 6) is 5.62. The number of amides is 1. The molecule has 0 aromatic rings. The van der Waals surface area contributed by atoms with Crippen LogP contribution in [0.2, 0.25) is 0 Å². The summed E-state index contributed by atoms with van der Waals surface area (Å²) >= 11 is 0. The Hall–Kier alpha value is -0.810. The molecule has 0 saturated carbocycles. The molecular weight excluding hydrogens is 194 g/mol. The number of nitrogens with one attached hydrogen (secondary N) is 1. The molecule has 1 aliphatic rings. The smallest absolute Gasteiger partial charge is 0.407 e. The number of nitrogens with two attached hydrogens (primary N) is 1. The van der Waals surface area contributed by atoms with Crippen LogP contribution in [-0.4, -0.2) is 35.8 Å². The topological polar surface area (TPSA) is 67.6 Å². The number of hydrogen-bond acceptors (Lipinski definition) is 4. The van der Waals surface area contributed by atoms with Crippen LogP contribution >= 0.6 is 0 Å². The fourth-order valence-electron chi connectivity index (χ4n) is 1.52. The molecule has 0 aromatic heterocycles. The number of nitrogens with zero attached hydrogens (tertiary/aromatic N) is 1. The summed E-state index contributed by atoms with van der Waals surface area (Å²) in [6.07, 6.45) is 1.43. The van der Waals surface area contributed by atoms with Crippen LogP contribution < -0.4 is 11.2 Å². The monoisotopic (exact) mass is 215 g/mol. The maximum Gasteiger partial charge on any atom is 0.407 e. The van der Waals surface area contributed by atoms with E-state index in [1.54, 1.807) is 5.01 Å². The Morgan fingerprint density at radius 3 is 2.40 bits per heavy atom. The molecule has 1 rings (SSSR count). The molecule has 1 saturated heterocycles. The second kappa shape index (κ2) is 4.81. The maximum atomic E-state index is 11.4. The van der Waals surface area contributed by atoms with Gasteiger partial charge in [0.1, 0.15) is 5.60 Å². The molecule has 1 fully saturated rings.